The molecule has 1 heterocycles. The molecule has 1 aliphatic carbocycles. The van der Waals surface area contributed by atoms with Gasteiger partial charge in [-0.1, -0.05) is 26.7 Å². The zero-order valence-electron chi connectivity index (χ0n) is 11.0. The lowest BCUT2D eigenvalue weighted by Crippen LogP contribution is -2.48. The summed E-state index contributed by atoms with van der Waals surface area (Å²) in [5, 5.41) is 0. The SMILES string of the molecule is CCC1(CC)CCN(C(CN)C2CC2)CC1. The van der Waals surface area contributed by atoms with Gasteiger partial charge in [-0.25, -0.2) is 0 Å². The van der Waals surface area contributed by atoms with Crippen molar-refractivity contribution in [1.29, 1.82) is 0 Å². The second-order valence-corrected chi connectivity index (χ2v) is 5.88. The average molecular weight is 224 g/mol. The van der Waals surface area contributed by atoms with E-state index in [0.29, 0.717) is 11.5 Å². The third kappa shape index (κ3) is 2.43. The second-order valence-electron chi connectivity index (χ2n) is 5.88. The quantitative estimate of drug-likeness (QED) is 0.778. The number of likely N-dealkylation sites (tertiary alicyclic amines) is 1. The van der Waals surface area contributed by atoms with E-state index in [1.54, 1.807) is 0 Å². The molecule has 0 radical (unpaired) electrons. The van der Waals surface area contributed by atoms with Crippen molar-refractivity contribution in [3.8, 4) is 0 Å². The van der Waals surface area contributed by atoms with Gasteiger partial charge in [-0.05, 0) is 50.1 Å². The first-order valence-electron chi connectivity index (χ1n) is 7.19. The Morgan fingerprint density at radius 1 is 1.19 bits per heavy atom. The van der Waals surface area contributed by atoms with Crippen molar-refractivity contribution in [3.63, 3.8) is 0 Å². The van der Waals surface area contributed by atoms with Crippen molar-refractivity contribution in [3.05, 3.63) is 0 Å². The Bertz CT molecular complexity index is 209. The summed E-state index contributed by atoms with van der Waals surface area (Å²) in [5.74, 6) is 0.931. The summed E-state index contributed by atoms with van der Waals surface area (Å²) in [7, 11) is 0. The van der Waals surface area contributed by atoms with Crippen molar-refractivity contribution < 1.29 is 0 Å². The van der Waals surface area contributed by atoms with E-state index < -0.39 is 0 Å². The molecule has 94 valence electrons. The molecular weight excluding hydrogens is 196 g/mol. The van der Waals surface area contributed by atoms with Gasteiger partial charge in [0.25, 0.3) is 0 Å². The molecule has 0 spiro atoms. The number of nitrogens with zero attached hydrogens (tertiary/aromatic N) is 1. The van der Waals surface area contributed by atoms with Crippen LogP contribution in [-0.2, 0) is 0 Å². The molecule has 0 aromatic carbocycles. The number of rotatable bonds is 5. The van der Waals surface area contributed by atoms with Gasteiger partial charge in [-0.2, -0.15) is 0 Å². The van der Waals surface area contributed by atoms with E-state index in [1.165, 1.54) is 51.6 Å². The van der Waals surface area contributed by atoms with Crippen LogP contribution in [-0.4, -0.2) is 30.6 Å². The summed E-state index contributed by atoms with van der Waals surface area (Å²) in [6.07, 6.45) is 8.34. The highest BCUT2D eigenvalue weighted by atomic mass is 15.2. The summed E-state index contributed by atoms with van der Waals surface area (Å²) >= 11 is 0. The van der Waals surface area contributed by atoms with Crippen LogP contribution in [0.25, 0.3) is 0 Å². The van der Waals surface area contributed by atoms with Crippen LogP contribution in [0.4, 0.5) is 0 Å². The predicted octanol–water partition coefficient (Wildman–Crippen LogP) is 2.63. The smallest absolute Gasteiger partial charge is 0.0246 e. The van der Waals surface area contributed by atoms with Gasteiger partial charge >= 0.3 is 0 Å². The van der Waals surface area contributed by atoms with Crippen molar-refractivity contribution in [2.24, 2.45) is 17.1 Å². The summed E-state index contributed by atoms with van der Waals surface area (Å²) in [4.78, 5) is 2.68. The minimum absolute atomic E-state index is 0.652. The molecule has 0 aromatic heterocycles. The Morgan fingerprint density at radius 2 is 1.75 bits per heavy atom. The molecule has 16 heavy (non-hydrogen) atoms. The molecule has 1 saturated heterocycles. The summed E-state index contributed by atoms with van der Waals surface area (Å²) < 4.78 is 0. The Kier molecular flexibility index (Phi) is 3.91. The van der Waals surface area contributed by atoms with E-state index in [4.69, 9.17) is 5.73 Å². The lowest BCUT2D eigenvalue weighted by molar-refractivity contribution is 0.0614. The Morgan fingerprint density at radius 3 is 2.12 bits per heavy atom. The van der Waals surface area contributed by atoms with Gasteiger partial charge in [0, 0.05) is 12.6 Å². The molecule has 2 nitrogen and oxygen atoms in total. The number of hydrogen-bond acceptors (Lipinski definition) is 2. The monoisotopic (exact) mass is 224 g/mol. The van der Waals surface area contributed by atoms with Gasteiger partial charge in [0.05, 0.1) is 0 Å². The van der Waals surface area contributed by atoms with Gasteiger partial charge in [0.15, 0.2) is 0 Å². The van der Waals surface area contributed by atoms with Crippen molar-refractivity contribution in [2.75, 3.05) is 19.6 Å². The van der Waals surface area contributed by atoms with Crippen molar-refractivity contribution >= 4 is 0 Å². The Balaban J connectivity index is 1.88. The second kappa shape index (κ2) is 5.05. The van der Waals surface area contributed by atoms with Gasteiger partial charge in [0.2, 0.25) is 0 Å². The lowest BCUT2D eigenvalue weighted by atomic mass is 9.74. The van der Waals surface area contributed by atoms with E-state index in [-0.39, 0.29) is 0 Å². The topological polar surface area (TPSA) is 29.3 Å². The largest absolute Gasteiger partial charge is 0.329 e. The van der Waals surface area contributed by atoms with E-state index in [1.807, 2.05) is 0 Å². The minimum atomic E-state index is 0.652. The zero-order chi connectivity index (χ0) is 11.6. The van der Waals surface area contributed by atoms with Gasteiger partial charge in [-0.15, -0.1) is 0 Å². The summed E-state index contributed by atoms with van der Waals surface area (Å²) in [6, 6.07) is 0.701. The first-order valence-corrected chi connectivity index (χ1v) is 7.19. The molecule has 2 rings (SSSR count). The fourth-order valence-corrected chi connectivity index (χ4v) is 3.41. The van der Waals surface area contributed by atoms with Crippen LogP contribution < -0.4 is 5.73 Å². The van der Waals surface area contributed by atoms with Crippen LogP contribution >= 0.6 is 0 Å². The van der Waals surface area contributed by atoms with Crippen LogP contribution in [0.1, 0.15) is 52.4 Å². The van der Waals surface area contributed by atoms with Crippen LogP contribution in [0.3, 0.4) is 0 Å². The van der Waals surface area contributed by atoms with Gasteiger partial charge < -0.3 is 5.73 Å². The summed E-state index contributed by atoms with van der Waals surface area (Å²) in [5.41, 5.74) is 6.59. The first-order chi connectivity index (χ1) is 7.74. The van der Waals surface area contributed by atoms with Crippen LogP contribution in [0.2, 0.25) is 0 Å². The number of nitrogens with two attached hydrogens (primary N) is 1. The predicted molar refractivity (Wildman–Crippen MR) is 69.4 cm³/mol. The van der Waals surface area contributed by atoms with E-state index in [0.717, 1.165) is 12.5 Å². The number of hydrogen-bond donors (Lipinski definition) is 1. The third-order valence-corrected chi connectivity index (χ3v) is 5.24. The molecule has 0 bridgehead atoms. The van der Waals surface area contributed by atoms with Crippen molar-refractivity contribution in [1.82, 2.24) is 4.90 Å². The molecule has 2 aliphatic rings. The van der Waals surface area contributed by atoms with Crippen molar-refractivity contribution in [2.45, 2.75) is 58.4 Å². The fraction of sp³-hybridized carbons (Fsp3) is 1.00. The standard InChI is InChI=1S/C14H28N2/c1-3-14(4-2)7-9-16(10-8-14)13(11-15)12-5-6-12/h12-13H,3-11,15H2,1-2H3. The Hall–Kier alpha value is -0.0800. The molecule has 0 aromatic rings. The van der Waals surface area contributed by atoms with Crippen LogP contribution in [0.15, 0.2) is 0 Å². The molecule has 0 amide bonds. The maximum atomic E-state index is 5.94. The Labute approximate surface area is 101 Å². The molecule has 1 unspecified atom stereocenters. The minimum Gasteiger partial charge on any atom is -0.329 e. The maximum Gasteiger partial charge on any atom is 0.0246 e. The molecular formula is C14H28N2. The molecule has 2 N–H and O–H groups in total. The van der Waals surface area contributed by atoms with Gasteiger partial charge in [-0.3, -0.25) is 4.90 Å². The highest BCUT2D eigenvalue weighted by Crippen LogP contribution is 2.41. The molecule has 1 saturated carbocycles. The highest BCUT2D eigenvalue weighted by Gasteiger charge is 2.38. The summed E-state index contributed by atoms with van der Waals surface area (Å²) in [6.45, 7) is 8.18. The number of piperidine rings is 1. The average Bonchev–Trinajstić information content (AvgIpc) is 3.16. The van der Waals surface area contributed by atoms with Crippen LogP contribution in [0, 0.1) is 11.3 Å². The van der Waals surface area contributed by atoms with E-state index >= 15 is 0 Å². The molecule has 1 aliphatic heterocycles. The first kappa shape index (κ1) is 12.4. The molecule has 1 atom stereocenters. The van der Waals surface area contributed by atoms with Gasteiger partial charge in [0.1, 0.15) is 0 Å². The lowest BCUT2D eigenvalue weighted by Gasteiger charge is -2.44. The fourth-order valence-electron chi connectivity index (χ4n) is 3.41. The molecule has 2 heteroatoms. The molecule has 2 fully saturated rings. The highest BCUT2D eigenvalue weighted by molar-refractivity contribution is 4.93. The van der Waals surface area contributed by atoms with Crippen LogP contribution in [0.5, 0.6) is 0 Å². The van der Waals surface area contributed by atoms with E-state index in [9.17, 15) is 0 Å². The normalized spacial score (nSPS) is 27.9. The third-order valence-electron chi connectivity index (χ3n) is 5.24. The maximum absolute atomic E-state index is 5.94. The van der Waals surface area contributed by atoms with E-state index in [2.05, 4.69) is 18.7 Å². The zero-order valence-corrected chi connectivity index (χ0v) is 11.0.